The SMILES string of the molecule is Cc1ccc(F)cc1CC(=O)C1CCNCC1. The predicted octanol–water partition coefficient (Wildman–Crippen LogP) is 2.25. The minimum absolute atomic E-state index is 0.152. The minimum Gasteiger partial charge on any atom is -0.317 e. The van der Waals surface area contributed by atoms with Gasteiger partial charge in [-0.1, -0.05) is 6.07 Å². The van der Waals surface area contributed by atoms with E-state index in [1.165, 1.54) is 12.1 Å². The molecule has 0 radical (unpaired) electrons. The van der Waals surface area contributed by atoms with E-state index in [9.17, 15) is 9.18 Å². The summed E-state index contributed by atoms with van der Waals surface area (Å²) in [5.74, 6) is 0.142. The molecule has 2 rings (SSSR count). The van der Waals surface area contributed by atoms with Crippen molar-refractivity contribution < 1.29 is 9.18 Å². The molecule has 0 amide bonds. The number of aryl methyl sites for hydroxylation is 1. The molecule has 1 fully saturated rings. The number of nitrogens with one attached hydrogen (secondary N) is 1. The second-order valence-corrected chi connectivity index (χ2v) is 4.74. The Kier molecular flexibility index (Phi) is 3.89. The molecule has 1 aliphatic rings. The average molecular weight is 235 g/mol. The Morgan fingerprint density at radius 3 is 2.82 bits per heavy atom. The van der Waals surface area contributed by atoms with Gasteiger partial charge in [0.05, 0.1) is 0 Å². The van der Waals surface area contributed by atoms with Crippen LogP contribution < -0.4 is 5.32 Å². The average Bonchev–Trinajstić information content (AvgIpc) is 2.35. The molecule has 0 bridgehead atoms. The number of carbonyl (C=O) groups is 1. The second-order valence-electron chi connectivity index (χ2n) is 4.74. The first kappa shape index (κ1) is 12.2. The van der Waals surface area contributed by atoms with Crippen molar-refractivity contribution in [3.05, 3.63) is 35.1 Å². The van der Waals surface area contributed by atoms with Crippen molar-refractivity contribution in [1.29, 1.82) is 0 Å². The van der Waals surface area contributed by atoms with Crippen LogP contribution in [0.25, 0.3) is 0 Å². The maximum absolute atomic E-state index is 13.1. The minimum atomic E-state index is -0.260. The van der Waals surface area contributed by atoms with E-state index >= 15 is 0 Å². The molecule has 0 aromatic heterocycles. The van der Waals surface area contributed by atoms with Crippen LogP contribution >= 0.6 is 0 Å². The molecule has 3 heteroatoms. The zero-order valence-electron chi connectivity index (χ0n) is 10.1. The van der Waals surface area contributed by atoms with E-state index in [1.54, 1.807) is 6.07 Å². The molecule has 0 spiro atoms. The smallest absolute Gasteiger partial charge is 0.140 e. The van der Waals surface area contributed by atoms with Gasteiger partial charge in [0.15, 0.2) is 0 Å². The van der Waals surface area contributed by atoms with Crippen LogP contribution in [0.5, 0.6) is 0 Å². The Balaban J connectivity index is 2.04. The van der Waals surface area contributed by atoms with E-state index in [-0.39, 0.29) is 17.5 Å². The Bertz CT molecular complexity index is 411. The van der Waals surface area contributed by atoms with Crippen LogP contribution in [0.3, 0.4) is 0 Å². The van der Waals surface area contributed by atoms with Gasteiger partial charge in [0.2, 0.25) is 0 Å². The van der Waals surface area contributed by atoms with E-state index in [1.807, 2.05) is 6.92 Å². The summed E-state index contributed by atoms with van der Waals surface area (Å²) in [4.78, 5) is 12.1. The molecule has 1 saturated heterocycles. The first-order chi connectivity index (χ1) is 8.16. The Labute approximate surface area is 101 Å². The van der Waals surface area contributed by atoms with Gasteiger partial charge in [-0.05, 0) is 56.1 Å². The fourth-order valence-electron chi connectivity index (χ4n) is 2.31. The second kappa shape index (κ2) is 5.41. The topological polar surface area (TPSA) is 29.1 Å². The molecule has 17 heavy (non-hydrogen) atoms. The van der Waals surface area contributed by atoms with Gasteiger partial charge >= 0.3 is 0 Å². The summed E-state index contributed by atoms with van der Waals surface area (Å²) in [7, 11) is 0. The number of hydrogen-bond acceptors (Lipinski definition) is 2. The fourth-order valence-corrected chi connectivity index (χ4v) is 2.31. The molecule has 1 heterocycles. The van der Waals surface area contributed by atoms with E-state index in [0.717, 1.165) is 37.1 Å². The van der Waals surface area contributed by atoms with Crippen molar-refractivity contribution in [3.63, 3.8) is 0 Å². The monoisotopic (exact) mass is 235 g/mol. The Hall–Kier alpha value is -1.22. The summed E-state index contributed by atoms with van der Waals surface area (Å²) in [5, 5.41) is 3.24. The Morgan fingerprint density at radius 1 is 1.41 bits per heavy atom. The largest absolute Gasteiger partial charge is 0.317 e. The molecule has 1 aromatic carbocycles. The quantitative estimate of drug-likeness (QED) is 0.870. The van der Waals surface area contributed by atoms with Crippen LogP contribution in [0.4, 0.5) is 4.39 Å². The first-order valence-electron chi connectivity index (χ1n) is 6.15. The van der Waals surface area contributed by atoms with Crippen LogP contribution in [-0.2, 0) is 11.2 Å². The van der Waals surface area contributed by atoms with Crippen molar-refractivity contribution in [2.45, 2.75) is 26.2 Å². The normalized spacial score (nSPS) is 17.1. The van der Waals surface area contributed by atoms with Crippen molar-refractivity contribution in [1.82, 2.24) is 5.32 Å². The molecule has 92 valence electrons. The summed E-state index contributed by atoms with van der Waals surface area (Å²) >= 11 is 0. The lowest BCUT2D eigenvalue weighted by Gasteiger charge is -2.21. The highest BCUT2D eigenvalue weighted by molar-refractivity contribution is 5.83. The van der Waals surface area contributed by atoms with Crippen LogP contribution in [0.2, 0.25) is 0 Å². The lowest BCUT2D eigenvalue weighted by atomic mass is 9.89. The number of carbonyl (C=O) groups excluding carboxylic acids is 1. The van der Waals surface area contributed by atoms with Crippen molar-refractivity contribution in [2.75, 3.05) is 13.1 Å². The third kappa shape index (κ3) is 3.13. The first-order valence-corrected chi connectivity index (χ1v) is 6.15. The standard InChI is InChI=1S/C14H18FNO/c1-10-2-3-13(15)8-12(10)9-14(17)11-4-6-16-7-5-11/h2-3,8,11,16H,4-7,9H2,1H3. The van der Waals surface area contributed by atoms with E-state index < -0.39 is 0 Å². The number of ketones is 1. The summed E-state index contributed by atoms with van der Waals surface area (Å²) in [6.07, 6.45) is 2.19. The predicted molar refractivity (Wildman–Crippen MR) is 65.4 cm³/mol. The fraction of sp³-hybridized carbons (Fsp3) is 0.500. The van der Waals surface area contributed by atoms with Gasteiger partial charge in [-0.2, -0.15) is 0 Å². The summed E-state index contributed by atoms with van der Waals surface area (Å²) in [5.41, 5.74) is 1.82. The molecule has 0 saturated carbocycles. The van der Waals surface area contributed by atoms with Crippen molar-refractivity contribution in [2.24, 2.45) is 5.92 Å². The lowest BCUT2D eigenvalue weighted by molar-refractivity contribution is -0.122. The van der Waals surface area contributed by atoms with Gasteiger partial charge in [0.25, 0.3) is 0 Å². The van der Waals surface area contributed by atoms with Gasteiger partial charge in [-0.25, -0.2) is 4.39 Å². The van der Waals surface area contributed by atoms with Gasteiger partial charge in [0.1, 0.15) is 11.6 Å². The molecule has 1 aliphatic heterocycles. The summed E-state index contributed by atoms with van der Waals surface area (Å²) in [6, 6.07) is 4.66. The summed E-state index contributed by atoms with van der Waals surface area (Å²) < 4.78 is 13.1. The van der Waals surface area contributed by atoms with Crippen LogP contribution in [0.1, 0.15) is 24.0 Å². The highest BCUT2D eigenvalue weighted by atomic mass is 19.1. The maximum atomic E-state index is 13.1. The van der Waals surface area contributed by atoms with Crippen molar-refractivity contribution >= 4 is 5.78 Å². The zero-order valence-corrected chi connectivity index (χ0v) is 10.1. The van der Waals surface area contributed by atoms with Gasteiger partial charge < -0.3 is 5.32 Å². The van der Waals surface area contributed by atoms with Crippen LogP contribution in [-0.4, -0.2) is 18.9 Å². The van der Waals surface area contributed by atoms with Gasteiger partial charge in [-0.3, -0.25) is 4.79 Å². The molecule has 1 N–H and O–H groups in total. The zero-order chi connectivity index (χ0) is 12.3. The third-order valence-electron chi connectivity index (χ3n) is 3.47. The maximum Gasteiger partial charge on any atom is 0.140 e. The van der Waals surface area contributed by atoms with E-state index in [2.05, 4.69) is 5.32 Å². The number of rotatable bonds is 3. The molecule has 0 atom stereocenters. The molecule has 0 unspecified atom stereocenters. The number of piperidine rings is 1. The molecule has 1 aromatic rings. The molecule has 2 nitrogen and oxygen atoms in total. The highest BCUT2D eigenvalue weighted by Crippen LogP contribution is 2.18. The number of hydrogen-bond donors (Lipinski definition) is 1. The van der Waals surface area contributed by atoms with Crippen molar-refractivity contribution in [3.8, 4) is 0 Å². The van der Waals surface area contributed by atoms with E-state index in [4.69, 9.17) is 0 Å². The number of halogens is 1. The number of benzene rings is 1. The number of Topliss-reactive ketones (excluding diaryl/α,β-unsaturated/α-hetero) is 1. The molecular formula is C14H18FNO. The summed E-state index contributed by atoms with van der Waals surface area (Å²) in [6.45, 7) is 3.75. The van der Waals surface area contributed by atoms with Gasteiger partial charge in [0, 0.05) is 12.3 Å². The Morgan fingerprint density at radius 2 is 2.12 bits per heavy atom. The van der Waals surface area contributed by atoms with Gasteiger partial charge in [-0.15, -0.1) is 0 Å². The highest BCUT2D eigenvalue weighted by Gasteiger charge is 2.21. The molecule has 0 aliphatic carbocycles. The third-order valence-corrected chi connectivity index (χ3v) is 3.47. The van der Waals surface area contributed by atoms with E-state index in [0.29, 0.717) is 6.42 Å². The van der Waals surface area contributed by atoms with Crippen LogP contribution in [0.15, 0.2) is 18.2 Å². The lowest BCUT2D eigenvalue weighted by Crippen LogP contribution is -2.32. The molecular weight excluding hydrogens is 217 g/mol. The van der Waals surface area contributed by atoms with Crippen LogP contribution in [0, 0.1) is 18.7 Å².